The van der Waals surface area contributed by atoms with Gasteiger partial charge >= 0.3 is 5.97 Å². The first-order chi connectivity index (χ1) is 16.8. The quantitative estimate of drug-likeness (QED) is 0.524. The fourth-order valence-electron chi connectivity index (χ4n) is 6.81. The minimum Gasteiger partial charge on any atom is -0.455 e. The van der Waals surface area contributed by atoms with E-state index in [2.05, 4.69) is 10.6 Å². The Kier molecular flexibility index (Phi) is 6.13. The SMILES string of the molecule is C[C@H](NC(=O)c1ccccc1NC(=O)COC(=O)C12C[C@H]3C[C@@H](CC(O)(C3)C1)C2)c1ccccc1. The Balaban J connectivity index is 1.19. The van der Waals surface area contributed by atoms with E-state index in [1.54, 1.807) is 24.3 Å². The van der Waals surface area contributed by atoms with E-state index >= 15 is 0 Å². The van der Waals surface area contributed by atoms with Crippen molar-refractivity contribution in [1.82, 2.24) is 5.32 Å². The van der Waals surface area contributed by atoms with Crippen LogP contribution in [-0.4, -0.2) is 35.1 Å². The number of hydrogen-bond donors (Lipinski definition) is 3. The van der Waals surface area contributed by atoms with Gasteiger partial charge in [-0.05, 0) is 75.0 Å². The number of benzene rings is 2. The fraction of sp³-hybridized carbons (Fsp3) is 0.464. The van der Waals surface area contributed by atoms with Gasteiger partial charge in [-0.3, -0.25) is 14.4 Å². The van der Waals surface area contributed by atoms with Gasteiger partial charge in [0.15, 0.2) is 6.61 Å². The molecule has 0 saturated heterocycles. The lowest BCUT2D eigenvalue weighted by atomic mass is 9.48. The average Bonchev–Trinajstić information content (AvgIpc) is 2.81. The van der Waals surface area contributed by atoms with Gasteiger partial charge < -0.3 is 20.5 Å². The summed E-state index contributed by atoms with van der Waals surface area (Å²) in [6, 6.07) is 16.2. The Morgan fingerprint density at radius 3 is 2.34 bits per heavy atom. The minimum atomic E-state index is -0.769. The van der Waals surface area contributed by atoms with E-state index in [9.17, 15) is 19.5 Å². The molecule has 4 aliphatic rings. The van der Waals surface area contributed by atoms with Crippen molar-refractivity contribution in [3.05, 3.63) is 65.7 Å². The maximum atomic E-state index is 13.0. The molecule has 0 unspecified atom stereocenters. The Morgan fingerprint density at radius 1 is 1.00 bits per heavy atom. The van der Waals surface area contributed by atoms with Gasteiger partial charge in [0.25, 0.3) is 11.8 Å². The van der Waals surface area contributed by atoms with E-state index in [4.69, 9.17) is 4.74 Å². The lowest BCUT2D eigenvalue weighted by Crippen LogP contribution is -2.58. The summed E-state index contributed by atoms with van der Waals surface area (Å²) in [5.41, 5.74) is 0.219. The minimum absolute atomic E-state index is 0.205. The molecular weight excluding hydrogens is 444 g/mol. The maximum Gasteiger partial charge on any atom is 0.312 e. The van der Waals surface area contributed by atoms with Gasteiger partial charge in [-0.15, -0.1) is 0 Å². The highest BCUT2D eigenvalue weighted by atomic mass is 16.5. The number of amides is 2. The monoisotopic (exact) mass is 476 g/mol. The first kappa shape index (κ1) is 23.5. The molecule has 3 atom stereocenters. The van der Waals surface area contributed by atoms with Crippen molar-refractivity contribution in [1.29, 1.82) is 0 Å². The molecule has 4 saturated carbocycles. The molecular formula is C28H32N2O5. The van der Waals surface area contributed by atoms with E-state index in [0.717, 1.165) is 37.7 Å². The number of rotatable bonds is 7. The van der Waals surface area contributed by atoms with Crippen molar-refractivity contribution in [2.75, 3.05) is 11.9 Å². The maximum absolute atomic E-state index is 13.0. The van der Waals surface area contributed by atoms with Crippen LogP contribution in [0.5, 0.6) is 0 Å². The predicted molar refractivity (Wildman–Crippen MR) is 130 cm³/mol. The van der Waals surface area contributed by atoms with Crippen molar-refractivity contribution in [3.8, 4) is 0 Å². The van der Waals surface area contributed by atoms with E-state index in [1.165, 1.54) is 0 Å². The van der Waals surface area contributed by atoms with Crippen molar-refractivity contribution in [3.63, 3.8) is 0 Å². The van der Waals surface area contributed by atoms with E-state index in [1.807, 2.05) is 37.3 Å². The number of esters is 1. The first-order valence-electron chi connectivity index (χ1n) is 12.4. The first-order valence-corrected chi connectivity index (χ1v) is 12.4. The zero-order valence-corrected chi connectivity index (χ0v) is 20.0. The number of ether oxygens (including phenoxy) is 1. The molecule has 2 aromatic carbocycles. The van der Waals surface area contributed by atoms with Crippen LogP contribution in [-0.2, 0) is 14.3 Å². The van der Waals surface area contributed by atoms with Crippen LogP contribution < -0.4 is 10.6 Å². The summed E-state index contributed by atoms with van der Waals surface area (Å²) in [6.45, 7) is 1.47. The molecule has 0 spiro atoms. The fourth-order valence-corrected chi connectivity index (χ4v) is 6.81. The summed E-state index contributed by atoms with van der Waals surface area (Å²) < 4.78 is 5.47. The second-order valence-corrected chi connectivity index (χ2v) is 10.7. The number of hydrogen-bond acceptors (Lipinski definition) is 5. The van der Waals surface area contributed by atoms with Gasteiger partial charge in [-0.1, -0.05) is 42.5 Å². The number of para-hydroxylation sites is 1. The smallest absolute Gasteiger partial charge is 0.312 e. The van der Waals surface area contributed by atoms with Crippen LogP contribution in [0.3, 0.4) is 0 Å². The Hall–Kier alpha value is -3.19. The van der Waals surface area contributed by atoms with Gasteiger partial charge in [-0.25, -0.2) is 0 Å². The number of carbonyl (C=O) groups excluding carboxylic acids is 3. The summed E-state index contributed by atoms with van der Waals surface area (Å²) in [7, 11) is 0. The van der Waals surface area contributed by atoms with Crippen molar-refractivity contribution in [2.45, 2.75) is 57.1 Å². The predicted octanol–water partition coefficient (Wildman–Crippen LogP) is 3.99. The van der Waals surface area contributed by atoms with E-state index < -0.39 is 23.5 Å². The molecule has 2 aromatic rings. The second-order valence-electron chi connectivity index (χ2n) is 10.7. The van der Waals surface area contributed by atoms with Gasteiger partial charge in [0, 0.05) is 0 Å². The van der Waals surface area contributed by atoms with Crippen molar-refractivity contribution in [2.24, 2.45) is 17.3 Å². The highest BCUT2D eigenvalue weighted by Crippen LogP contribution is 2.61. The Morgan fingerprint density at radius 2 is 1.66 bits per heavy atom. The molecule has 0 heterocycles. The van der Waals surface area contributed by atoms with Gasteiger partial charge in [-0.2, -0.15) is 0 Å². The second kappa shape index (κ2) is 9.11. The molecule has 184 valence electrons. The molecule has 7 nitrogen and oxygen atoms in total. The largest absolute Gasteiger partial charge is 0.455 e. The molecule has 4 aliphatic carbocycles. The number of nitrogens with one attached hydrogen (secondary N) is 2. The third-order valence-electron chi connectivity index (χ3n) is 7.89. The molecule has 6 rings (SSSR count). The molecule has 0 aliphatic heterocycles. The third kappa shape index (κ3) is 4.82. The molecule has 0 radical (unpaired) electrons. The summed E-state index contributed by atoms with van der Waals surface area (Å²) in [5, 5.41) is 16.6. The lowest BCUT2D eigenvalue weighted by Gasteiger charge is -2.58. The molecule has 4 fully saturated rings. The van der Waals surface area contributed by atoms with Crippen LogP contribution in [0.15, 0.2) is 54.6 Å². The summed E-state index contributed by atoms with van der Waals surface area (Å²) >= 11 is 0. The average molecular weight is 477 g/mol. The van der Waals surface area contributed by atoms with Crippen LogP contribution in [0.25, 0.3) is 0 Å². The standard InChI is InChI=1S/C28H32N2O5/c1-18(21-7-3-2-4-8-21)29-25(32)22-9-5-6-10-23(22)30-24(31)16-35-26(33)27-12-19-11-20(13-27)15-28(34,14-19)17-27/h2-10,18-20,34H,11-17H2,1H3,(H,29,32)(H,30,31)/t18-,19+,20+,27?,28?/m0/s1. The van der Waals surface area contributed by atoms with Crippen molar-refractivity contribution >= 4 is 23.5 Å². The molecule has 0 aromatic heterocycles. The topological polar surface area (TPSA) is 105 Å². The van der Waals surface area contributed by atoms with Crippen LogP contribution >= 0.6 is 0 Å². The van der Waals surface area contributed by atoms with Crippen LogP contribution in [0.4, 0.5) is 5.69 Å². The molecule has 35 heavy (non-hydrogen) atoms. The molecule has 7 heteroatoms. The van der Waals surface area contributed by atoms with Gasteiger partial charge in [0.1, 0.15) is 0 Å². The zero-order chi connectivity index (χ0) is 24.6. The number of carbonyl (C=O) groups is 3. The van der Waals surface area contributed by atoms with Gasteiger partial charge in [0.05, 0.1) is 28.3 Å². The van der Waals surface area contributed by atoms with Crippen LogP contribution in [0.1, 0.15) is 67.4 Å². The number of anilines is 1. The highest BCUT2D eigenvalue weighted by molar-refractivity contribution is 6.04. The molecule has 4 bridgehead atoms. The Labute approximate surface area is 205 Å². The number of aliphatic hydroxyl groups is 1. The molecule has 2 amide bonds. The van der Waals surface area contributed by atoms with Crippen LogP contribution in [0, 0.1) is 17.3 Å². The lowest BCUT2D eigenvalue weighted by molar-refractivity contribution is -0.196. The summed E-state index contributed by atoms with van der Waals surface area (Å²) in [5.74, 6) is -0.491. The molecule has 3 N–H and O–H groups in total. The normalized spacial score (nSPS) is 29.3. The van der Waals surface area contributed by atoms with Crippen LogP contribution in [0.2, 0.25) is 0 Å². The Bertz CT molecular complexity index is 1120. The summed E-state index contributed by atoms with van der Waals surface area (Å²) in [6.07, 6.45) is 4.49. The summed E-state index contributed by atoms with van der Waals surface area (Å²) in [4.78, 5) is 38.6. The van der Waals surface area contributed by atoms with E-state index in [-0.39, 0.29) is 17.9 Å². The highest BCUT2D eigenvalue weighted by Gasteiger charge is 2.60. The van der Waals surface area contributed by atoms with Crippen molar-refractivity contribution < 1.29 is 24.2 Å². The van der Waals surface area contributed by atoms with E-state index in [0.29, 0.717) is 29.5 Å². The third-order valence-corrected chi connectivity index (χ3v) is 7.89. The zero-order valence-electron chi connectivity index (χ0n) is 20.0. The van der Waals surface area contributed by atoms with Gasteiger partial charge in [0.2, 0.25) is 0 Å².